The molecule has 1 nitrogen and oxygen atoms in total. The second-order valence-electron chi connectivity index (χ2n) is 3.87. The summed E-state index contributed by atoms with van der Waals surface area (Å²) in [6.07, 6.45) is 2.41. The van der Waals surface area contributed by atoms with Crippen LogP contribution >= 0.6 is 0 Å². The van der Waals surface area contributed by atoms with Crippen LogP contribution < -0.4 is 0 Å². The molecule has 0 bridgehead atoms. The first-order chi connectivity index (χ1) is 8.65. The Hall–Kier alpha value is -1.11. The predicted octanol–water partition coefficient (Wildman–Crippen LogP) is 5.85. The van der Waals surface area contributed by atoms with Crippen LogP contribution in [-0.2, 0) is 0 Å². The molecule has 0 aromatic heterocycles. The van der Waals surface area contributed by atoms with Crippen LogP contribution in [0.2, 0.25) is 0 Å². The quantitative estimate of drug-likeness (QED) is 0.613. The smallest absolute Gasteiger partial charge is 0.159 e. The van der Waals surface area contributed by atoms with Crippen LogP contribution in [0.1, 0.15) is 83.1 Å². The highest BCUT2D eigenvalue weighted by atomic mass is 16.1. The third kappa shape index (κ3) is 7.26. The van der Waals surface area contributed by atoms with E-state index in [1.54, 1.807) is 6.92 Å². The van der Waals surface area contributed by atoms with Crippen LogP contribution in [0.5, 0.6) is 0 Å². The second-order valence-corrected chi connectivity index (χ2v) is 3.87. The van der Waals surface area contributed by atoms with E-state index in [9.17, 15) is 4.79 Å². The zero-order valence-corrected chi connectivity index (χ0v) is 13.2. The number of carbonyl (C=O) groups excluding carboxylic acids is 1. The molecule has 0 aliphatic heterocycles. The number of carbonyl (C=O) groups is 1. The molecule has 1 unspecified atom stereocenters. The van der Waals surface area contributed by atoms with Crippen molar-refractivity contribution in [2.45, 2.75) is 67.2 Å². The molecule has 0 radical (unpaired) electrons. The van der Waals surface area contributed by atoms with Gasteiger partial charge in [0.15, 0.2) is 5.78 Å². The number of ketones is 1. The van der Waals surface area contributed by atoms with Crippen LogP contribution in [0, 0.1) is 0 Å². The first kappa shape index (κ1) is 19.2. The Morgan fingerprint density at radius 1 is 1.06 bits per heavy atom. The van der Waals surface area contributed by atoms with Gasteiger partial charge < -0.3 is 0 Å². The van der Waals surface area contributed by atoms with Crippen LogP contribution in [0.25, 0.3) is 0 Å². The van der Waals surface area contributed by atoms with Crippen LogP contribution in [-0.4, -0.2) is 5.78 Å². The van der Waals surface area contributed by atoms with E-state index >= 15 is 0 Å². The molecule has 0 aliphatic rings. The topological polar surface area (TPSA) is 17.1 Å². The molecule has 0 fully saturated rings. The number of rotatable bonds is 4. The zero-order valence-electron chi connectivity index (χ0n) is 13.2. The molecule has 0 spiro atoms. The van der Waals surface area contributed by atoms with Gasteiger partial charge in [0, 0.05) is 5.56 Å². The van der Waals surface area contributed by atoms with Gasteiger partial charge in [0.05, 0.1) is 0 Å². The highest BCUT2D eigenvalue weighted by Gasteiger charge is 2.04. The van der Waals surface area contributed by atoms with E-state index in [1.807, 2.05) is 39.8 Å². The third-order valence-corrected chi connectivity index (χ3v) is 2.61. The first-order valence-corrected chi connectivity index (χ1v) is 7.26. The van der Waals surface area contributed by atoms with Gasteiger partial charge >= 0.3 is 0 Å². The molecule has 1 atom stereocenters. The third-order valence-electron chi connectivity index (χ3n) is 2.61. The monoisotopic (exact) mass is 250 g/mol. The number of benzene rings is 1. The van der Waals surface area contributed by atoms with Gasteiger partial charge in [-0.15, -0.1) is 0 Å². The van der Waals surface area contributed by atoms with Crippen molar-refractivity contribution in [2.75, 3.05) is 0 Å². The van der Waals surface area contributed by atoms with Gasteiger partial charge in [-0.3, -0.25) is 4.79 Å². The van der Waals surface area contributed by atoms with Crippen molar-refractivity contribution < 1.29 is 4.79 Å². The molecule has 0 saturated heterocycles. The molecular weight excluding hydrogens is 220 g/mol. The Kier molecular flexibility index (Phi) is 13.2. The Balaban J connectivity index is 0. The molecule has 0 N–H and O–H groups in total. The lowest BCUT2D eigenvalue weighted by atomic mass is 9.95. The highest BCUT2D eigenvalue weighted by Crippen LogP contribution is 2.20. The van der Waals surface area contributed by atoms with Gasteiger partial charge in [0.25, 0.3) is 0 Å². The van der Waals surface area contributed by atoms with Crippen molar-refractivity contribution in [1.29, 1.82) is 0 Å². The van der Waals surface area contributed by atoms with Gasteiger partial charge in [0.2, 0.25) is 0 Å². The molecule has 18 heavy (non-hydrogen) atoms. The second kappa shape index (κ2) is 12.3. The van der Waals surface area contributed by atoms with Crippen LogP contribution in [0.15, 0.2) is 24.3 Å². The van der Waals surface area contributed by atoms with E-state index in [0.717, 1.165) is 5.56 Å². The Morgan fingerprint density at radius 3 is 1.83 bits per heavy atom. The largest absolute Gasteiger partial charge is 0.295 e. The summed E-state index contributed by atoms with van der Waals surface area (Å²) in [5.74, 6) is 0.737. The van der Waals surface area contributed by atoms with Gasteiger partial charge in [0.1, 0.15) is 0 Å². The summed E-state index contributed by atoms with van der Waals surface area (Å²) in [6, 6.07) is 7.97. The molecule has 104 valence electrons. The Labute approximate surface area is 114 Å². The summed E-state index contributed by atoms with van der Waals surface area (Å²) in [5, 5.41) is 0. The maximum atomic E-state index is 11.1. The van der Waals surface area contributed by atoms with Crippen molar-refractivity contribution in [1.82, 2.24) is 0 Å². The lowest BCUT2D eigenvalue weighted by Gasteiger charge is -2.10. The minimum atomic E-state index is 0.139. The maximum Gasteiger partial charge on any atom is 0.159 e. The van der Waals surface area contributed by atoms with Gasteiger partial charge in [-0.2, -0.15) is 0 Å². The van der Waals surface area contributed by atoms with E-state index in [1.165, 1.54) is 18.4 Å². The normalized spacial score (nSPS) is 10.4. The van der Waals surface area contributed by atoms with Gasteiger partial charge in [-0.1, -0.05) is 72.2 Å². The fourth-order valence-electron chi connectivity index (χ4n) is 1.65. The molecule has 1 aromatic carbocycles. The van der Waals surface area contributed by atoms with Crippen LogP contribution in [0.3, 0.4) is 0 Å². The van der Waals surface area contributed by atoms with Crippen molar-refractivity contribution in [3.8, 4) is 0 Å². The minimum Gasteiger partial charge on any atom is -0.295 e. The molecule has 1 rings (SSSR count). The Morgan fingerprint density at radius 2 is 1.50 bits per heavy atom. The fraction of sp³-hybridized carbons (Fsp3) is 0.588. The first-order valence-electron chi connectivity index (χ1n) is 7.26. The lowest BCUT2D eigenvalue weighted by molar-refractivity contribution is 0.101. The molecule has 1 aromatic rings. The summed E-state index contributed by atoms with van der Waals surface area (Å²) in [6.45, 7) is 14.0. The summed E-state index contributed by atoms with van der Waals surface area (Å²) >= 11 is 0. The SMILES string of the molecule is CC.CC.CCCC(C)c1ccc(C(C)=O)cc1. The molecular formula is C17H30O. The van der Waals surface area contributed by atoms with E-state index in [2.05, 4.69) is 26.0 Å². The van der Waals surface area contributed by atoms with Crippen molar-refractivity contribution in [3.05, 3.63) is 35.4 Å². The van der Waals surface area contributed by atoms with Crippen LogP contribution in [0.4, 0.5) is 0 Å². The standard InChI is InChI=1S/C13H18O.2C2H6/c1-4-5-10(2)12-6-8-13(9-7-12)11(3)14;2*1-2/h6-10H,4-5H2,1-3H3;2*1-2H3. The van der Waals surface area contributed by atoms with Crippen molar-refractivity contribution in [3.63, 3.8) is 0 Å². The van der Waals surface area contributed by atoms with Crippen molar-refractivity contribution >= 4 is 5.78 Å². The Bertz CT molecular complexity index is 298. The van der Waals surface area contributed by atoms with Crippen molar-refractivity contribution in [2.24, 2.45) is 0 Å². The average Bonchev–Trinajstić information content (AvgIpc) is 2.43. The predicted molar refractivity (Wildman–Crippen MR) is 82.5 cm³/mol. The molecule has 0 amide bonds. The number of hydrogen-bond acceptors (Lipinski definition) is 1. The number of Topliss-reactive ketones (excluding diaryl/α,β-unsaturated/α-hetero) is 1. The zero-order chi connectivity index (χ0) is 14.6. The summed E-state index contributed by atoms with van der Waals surface area (Å²) < 4.78 is 0. The average molecular weight is 250 g/mol. The molecule has 1 heteroatoms. The molecule has 0 heterocycles. The fourth-order valence-corrected chi connectivity index (χ4v) is 1.65. The van der Waals surface area contributed by atoms with Gasteiger partial charge in [-0.25, -0.2) is 0 Å². The summed E-state index contributed by atoms with van der Waals surface area (Å²) in [5.41, 5.74) is 2.13. The van der Waals surface area contributed by atoms with E-state index in [4.69, 9.17) is 0 Å². The van der Waals surface area contributed by atoms with E-state index in [0.29, 0.717) is 5.92 Å². The molecule has 0 saturated carbocycles. The highest BCUT2D eigenvalue weighted by molar-refractivity contribution is 5.94. The minimum absolute atomic E-state index is 0.139. The molecule has 0 aliphatic carbocycles. The van der Waals surface area contributed by atoms with E-state index < -0.39 is 0 Å². The maximum absolute atomic E-state index is 11.1. The summed E-state index contributed by atoms with van der Waals surface area (Å²) in [4.78, 5) is 11.1. The van der Waals surface area contributed by atoms with E-state index in [-0.39, 0.29) is 5.78 Å². The van der Waals surface area contributed by atoms with Gasteiger partial charge in [-0.05, 0) is 24.8 Å². The summed E-state index contributed by atoms with van der Waals surface area (Å²) in [7, 11) is 0. The lowest BCUT2D eigenvalue weighted by Crippen LogP contribution is -1.95. The number of hydrogen-bond donors (Lipinski definition) is 0.